The lowest BCUT2D eigenvalue weighted by Gasteiger charge is -2.38. The summed E-state index contributed by atoms with van der Waals surface area (Å²) in [5, 5.41) is 3.68. The normalized spacial score (nSPS) is 32.3. The number of fused-ring (bicyclic) bond motifs is 2. The van der Waals surface area contributed by atoms with E-state index in [9.17, 15) is 22.8 Å². The average molecular weight is 511 g/mol. The Morgan fingerprint density at radius 3 is 2.78 bits per heavy atom. The Balaban J connectivity index is 1.36. The maximum Gasteiger partial charge on any atom is 0.416 e. The molecule has 0 spiro atoms. The number of nitrogens with zero attached hydrogens (tertiary/aromatic N) is 2. The van der Waals surface area contributed by atoms with Crippen molar-refractivity contribution in [3.63, 3.8) is 0 Å². The van der Waals surface area contributed by atoms with Gasteiger partial charge < -0.3 is 30.3 Å². The first-order valence-electron chi connectivity index (χ1n) is 12.5. The van der Waals surface area contributed by atoms with Crippen molar-refractivity contribution in [3.05, 3.63) is 34.9 Å². The minimum Gasteiger partial charge on any atom is -0.379 e. The average Bonchev–Trinajstić information content (AvgIpc) is 3.38. The van der Waals surface area contributed by atoms with Crippen LogP contribution in [0.1, 0.15) is 36.0 Å². The van der Waals surface area contributed by atoms with Crippen LogP contribution in [-0.2, 0) is 33.4 Å². The molecule has 3 heterocycles. The highest BCUT2D eigenvalue weighted by Gasteiger charge is 2.59. The fraction of sp³-hybridized carbons (Fsp3) is 0.680. The van der Waals surface area contributed by atoms with Crippen LogP contribution < -0.4 is 11.1 Å². The van der Waals surface area contributed by atoms with Crippen molar-refractivity contribution in [3.8, 4) is 0 Å². The van der Waals surface area contributed by atoms with Crippen LogP contribution in [0.2, 0.25) is 0 Å². The molecule has 0 bridgehead atoms. The molecule has 2 unspecified atom stereocenters. The van der Waals surface area contributed by atoms with Gasteiger partial charge in [0, 0.05) is 52.0 Å². The summed E-state index contributed by atoms with van der Waals surface area (Å²) in [6, 6.07) is 3.38. The van der Waals surface area contributed by atoms with Crippen LogP contribution >= 0.6 is 0 Å². The van der Waals surface area contributed by atoms with Crippen molar-refractivity contribution < 1.29 is 32.2 Å². The molecule has 3 amide bonds. The van der Waals surface area contributed by atoms with E-state index in [1.54, 1.807) is 12.0 Å². The predicted octanol–water partition coefficient (Wildman–Crippen LogP) is 2.14. The summed E-state index contributed by atoms with van der Waals surface area (Å²) in [6.45, 7) is 2.36. The van der Waals surface area contributed by atoms with Crippen LogP contribution in [0.5, 0.6) is 0 Å². The van der Waals surface area contributed by atoms with Gasteiger partial charge in [0.2, 0.25) is 5.91 Å². The zero-order valence-electron chi connectivity index (χ0n) is 20.4. The summed E-state index contributed by atoms with van der Waals surface area (Å²) in [6.07, 6.45) is -1.95. The topological polar surface area (TPSA) is 97.1 Å². The van der Waals surface area contributed by atoms with Crippen molar-refractivity contribution in [2.45, 2.75) is 56.6 Å². The van der Waals surface area contributed by atoms with Crippen LogP contribution in [0.25, 0.3) is 0 Å². The summed E-state index contributed by atoms with van der Waals surface area (Å²) in [5.74, 6) is -0.169. The molecule has 1 saturated carbocycles. The van der Waals surface area contributed by atoms with E-state index in [4.69, 9.17) is 15.2 Å². The molecular weight excluding hydrogens is 477 g/mol. The zero-order chi connectivity index (χ0) is 25.7. The molecule has 3 N–H and O–H groups in total. The monoisotopic (exact) mass is 510 g/mol. The number of rotatable bonds is 4. The third-order valence-electron chi connectivity index (χ3n) is 8.50. The van der Waals surface area contributed by atoms with Crippen LogP contribution in [-0.4, -0.2) is 79.9 Å². The number of methoxy groups -OCH3 is 1. The van der Waals surface area contributed by atoms with Crippen molar-refractivity contribution in [1.82, 2.24) is 15.1 Å². The number of ether oxygens (including phenoxy) is 2. The second-order valence-corrected chi connectivity index (χ2v) is 10.6. The van der Waals surface area contributed by atoms with E-state index >= 15 is 0 Å². The molecule has 0 aromatic heterocycles. The SMILES string of the molecule is COC1COCCC1N[C@H]1C[C@@H]2CN(C(N)=O)C[C@]2(C(=O)N2CCc3ccc(C(F)(F)F)cc3C2)C1. The Morgan fingerprint density at radius 1 is 1.25 bits per heavy atom. The number of hydrogen-bond acceptors (Lipinski definition) is 5. The van der Waals surface area contributed by atoms with Crippen molar-refractivity contribution in [2.75, 3.05) is 40.0 Å². The first kappa shape index (κ1) is 25.3. The molecule has 8 nitrogen and oxygen atoms in total. The van der Waals surface area contributed by atoms with Gasteiger partial charge in [-0.2, -0.15) is 13.2 Å². The molecule has 198 valence electrons. The number of likely N-dealkylation sites (tertiary alicyclic amines) is 1. The summed E-state index contributed by atoms with van der Waals surface area (Å²) in [7, 11) is 1.66. The maximum absolute atomic E-state index is 14.1. The molecule has 2 saturated heterocycles. The lowest BCUT2D eigenvalue weighted by molar-refractivity contribution is -0.143. The van der Waals surface area contributed by atoms with Crippen molar-refractivity contribution in [1.29, 1.82) is 0 Å². The van der Waals surface area contributed by atoms with E-state index < -0.39 is 23.2 Å². The number of nitrogens with one attached hydrogen (secondary N) is 1. The number of alkyl halides is 3. The van der Waals surface area contributed by atoms with Crippen LogP contribution in [0.15, 0.2) is 18.2 Å². The Labute approximate surface area is 208 Å². The molecule has 11 heteroatoms. The predicted molar refractivity (Wildman–Crippen MR) is 124 cm³/mol. The van der Waals surface area contributed by atoms with Crippen molar-refractivity contribution in [2.24, 2.45) is 17.1 Å². The van der Waals surface area contributed by atoms with Gasteiger partial charge in [-0.1, -0.05) is 6.07 Å². The highest BCUT2D eigenvalue weighted by molar-refractivity contribution is 5.86. The molecule has 5 rings (SSSR count). The van der Waals surface area contributed by atoms with Crippen molar-refractivity contribution >= 4 is 11.9 Å². The molecule has 1 aromatic rings. The Hall–Kier alpha value is -2.37. The Bertz CT molecular complexity index is 1020. The number of primary amides is 1. The lowest BCUT2D eigenvalue weighted by Crippen LogP contribution is -2.52. The Kier molecular flexibility index (Phi) is 6.67. The standard InChI is InChI=1S/C25H33F3N4O4/c1-35-21-13-36-7-5-20(21)30-19-9-18-12-32(23(29)34)14-24(18,10-19)22(33)31-6-4-15-2-3-17(25(26,27)28)8-16(15)11-31/h2-3,8,18-21,30H,4-7,9-14H2,1H3,(H2,29,34)/t18-,19+,20?,21?,24-/m1/s1. The van der Waals surface area contributed by atoms with Gasteiger partial charge in [-0.25, -0.2) is 4.79 Å². The minimum absolute atomic E-state index is 0.0589. The summed E-state index contributed by atoms with van der Waals surface area (Å²) in [5.41, 5.74) is 5.44. The summed E-state index contributed by atoms with van der Waals surface area (Å²) < 4.78 is 51.0. The highest BCUT2D eigenvalue weighted by Crippen LogP contribution is 2.50. The van der Waals surface area contributed by atoms with Gasteiger partial charge >= 0.3 is 12.2 Å². The summed E-state index contributed by atoms with van der Waals surface area (Å²) in [4.78, 5) is 29.3. The molecule has 3 aliphatic heterocycles. The number of hydrogen-bond donors (Lipinski definition) is 2. The quantitative estimate of drug-likeness (QED) is 0.647. The van der Waals surface area contributed by atoms with Gasteiger partial charge in [-0.05, 0) is 54.9 Å². The van der Waals surface area contributed by atoms with Gasteiger partial charge in [0.25, 0.3) is 0 Å². The first-order chi connectivity index (χ1) is 17.1. The number of carbonyl (C=O) groups is 2. The van der Waals surface area contributed by atoms with Gasteiger partial charge in [-0.3, -0.25) is 4.79 Å². The third-order valence-corrected chi connectivity index (χ3v) is 8.50. The molecule has 36 heavy (non-hydrogen) atoms. The van der Waals surface area contributed by atoms with Gasteiger partial charge in [0.05, 0.1) is 23.7 Å². The van der Waals surface area contributed by atoms with E-state index in [-0.39, 0.29) is 43.1 Å². The van der Waals surface area contributed by atoms with Gasteiger partial charge in [0.15, 0.2) is 0 Å². The highest BCUT2D eigenvalue weighted by atomic mass is 19.4. The van der Waals surface area contributed by atoms with E-state index in [0.29, 0.717) is 51.1 Å². The molecule has 1 aliphatic carbocycles. The van der Waals surface area contributed by atoms with E-state index in [0.717, 1.165) is 24.1 Å². The number of urea groups is 1. The fourth-order valence-electron chi connectivity index (χ4n) is 6.66. The van der Waals surface area contributed by atoms with Crippen LogP contribution in [0.3, 0.4) is 0 Å². The number of amides is 3. The molecule has 0 radical (unpaired) electrons. The zero-order valence-corrected chi connectivity index (χ0v) is 20.4. The number of benzene rings is 1. The number of carbonyl (C=O) groups excluding carboxylic acids is 2. The fourth-order valence-corrected chi connectivity index (χ4v) is 6.66. The van der Waals surface area contributed by atoms with E-state index in [1.165, 1.54) is 11.0 Å². The third kappa shape index (κ3) is 4.56. The molecular formula is C25H33F3N4O4. The van der Waals surface area contributed by atoms with Gasteiger partial charge in [-0.15, -0.1) is 0 Å². The largest absolute Gasteiger partial charge is 0.416 e. The Morgan fingerprint density at radius 2 is 2.06 bits per heavy atom. The summed E-state index contributed by atoms with van der Waals surface area (Å²) >= 11 is 0. The lowest BCUT2D eigenvalue weighted by atomic mass is 9.78. The van der Waals surface area contributed by atoms with E-state index in [2.05, 4.69) is 5.32 Å². The minimum atomic E-state index is -4.44. The first-order valence-corrected chi connectivity index (χ1v) is 12.5. The maximum atomic E-state index is 14.1. The van der Waals surface area contributed by atoms with Gasteiger partial charge in [0.1, 0.15) is 0 Å². The molecule has 1 aromatic carbocycles. The van der Waals surface area contributed by atoms with Crippen LogP contribution in [0.4, 0.5) is 18.0 Å². The second-order valence-electron chi connectivity index (χ2n) is 10.6. The number of nitrogens with two attached hydrogens (primary N) is 1. The van der Waals surface area contributed by atoms with Crippen LogP contribution in [0, 0.1) is 11.3 Å². The molecule has 3 fully saturated rings. The molecule has 5 atom stereocenters. The molecule has 4 aliphatic rings. The smallest absolute Gasteiger partial charge is 0.379 e. The van der Waals surface area contributed by atoms with E-state index in [1.807, 2.05) is 0 Å². The number of halogens is 3. The second kappa shape index (κ2) is 9.50.